The summed E-state index contributed by atoms with van der Waals surface area (Å²) in [5.41, 5.74) is -2.19. The number of rotatable bonds is 10. The van der Waals surface area contributed by atoms with E-state index < -0.39 is 77.1 Å². The Hall–Kier alpha value is -3.51. The fourth-order valence-corrected chi connectivity index (χ4v) is 6.34. The van der Waals surface area contributed by atoms with E-state index in [1.807, 2.05) is 0 Å². The van der Waals surface area contributed by atoms with Crippen molar-refractivity contribution in [2.24, 2.45) is 10.4 Å². The zero-order chi connectivity index (χ0) is 32.8. The number of carbonyl (C=O) groups is 2. The Labute approximate surface area is 258 Å². The second kappa shape index (κ2) is 12.4. The van der Waals surface area contributed by atoms with Crippen LogP contribution in [0.1, 0.15) is 30.5 Å². The van der Waals surface area contributed by atoms with Gasteiger partial charge in [0.2, 0.25) is 0 Å². The number of aliphatic imine (C=N–C) groups is 1. The third kappa shape index (κ3) is 5.94. The van der Waals surface area contributed by atoms with Gasteiger partial charge in [-0.25, -0.2) is 31.7 Å². The standard InChI is InChI=1S/C28H30F5N5O6S/c1-27(2,26(40)41)17(42-3)10-38-22-16(11-44-38)37(12-28(22,32)33)9-15-18(25(39)43-4)21(13-5-6-14(29)20(31)19(13)30)36-23(35-15)24-34-7-8-45-24/h5-8,16-17,21-22H,9-12H2,1-4H3,(H,35,36)(H,40,41)/t16-,17+,21-,22+/m0/s1. The van der Waals surface area contributed by atoms with Crippen LogP contribution in [0.2, 0.25) is 0 Å². The van der Waals surface area contributed by atoms with Crippen LogP contribution in [-0.4, -0.2) is 102 Å². The number of methoxy groups -OCH3 is 2. The maximum atomic E-state index is 15.7. The number of alkyl halides is 2. The minimum atomic E-state index is -3.36. The molecule has 4 heterocycles. The molecule has 2 aromatic rings. The molecular weight excluding hydrogens is 629 g/mol. The molecule has 0 amide bonds. The molecule has 0 saturated carbocycles. The predicted molar refractivity (Wildman–Crippen MR) is 149 cm³/mol. The van der Waals surface area contributed by atoms with E-state index in [4.69, 9.17) is 14.3 Å². The fourth-order valence-electron chi connectivity index (χ4n) is 5.75. The van der Waals surface area contributed by atoms with Crippen molar-refractivity contribution in [2.45, 2.75) is 44.0 Å². The van der Waals surface area contributed by atoms with E-state index in [0.29, 0.717) is 11.1 Å². The van der Waals surface area contributed by atoms with Gasteiger partial charge in [-0.1, -0.05) is 6.07 Å². The zero-order valence-corrected chi connectivity index (χ0v) is 25.3. The van der Waals surface area contributed by atoms with Crippen molar-refractivity contribution in [3.8, 4) is 0 Å². The van der Waals surface area contributed by atoms with Crippen molar-refractivity contribution in [3.63, 3.8) is 0 Å². The van der Waals surface area contributed by atoms with Crippen LogP contribution >= 0.6 is 11.3 Å². The zero-order valence-electron chi connectivity index (χ0n) is 24.5. The van der Waals surface area contributed by atoms with Gasteiger partial charge in [-0.2, -0.15) is 5.06 Å². The van der Waals surface area contributed by atoms with Crippen LogP contribution in [0.5, 0.6) is 0 Å². The number of hydrogen-bond acceptors (Lipinski definition) is 11. The number of halogens is 5. The molecule has 2 N–H and O–H groups in total. The number of carboxylic acid groups (broad SMARTS) is 1. The van der Waals surface area contributed by atoms with Crippen molar-refractivity contribution < 1.29 is 51.0 Å². The van der Waals surface area contributed by atoms with Crippen LogP contribution in [-0.2, 0) is 23.9 Å². The summed E-state index contributed by atoms with van der Waals surface area (Å²) >= 11 is 1.14. The Morgan fingerprint density at radius 2 is 1.98 bits per heavy atom. The van der Waals surface area contributed by atoms with Crippen molar-refractivity contribution in [3.05, 3.63) is 63.0 Å². The Bertz CT molecular complexity index is 1540. The molecule has 0 spiro atoms. The van der Waals surface area contributed by atoms with Crippen LogP contribution in [0.15, 0.2) is 40.0 Å². The first-order chi connectivity index (χ1) is 21.2. The average Bonchev–Trinajstić information content (AvgIpc) is 3.73. The van der Waals surface area contributed by atoms with Gasteiger partial charge in [0.25, 0.3) is 5.92 Å². The molecule has 0 aliphatic carbocycles. The van der Waals surface area contributed by atoms with Gasteiger partial charge in [0.05, 0.1) is 49.9 Å². The molecule has 0 radical (unpaired) electrons. The lowest BCUT2D eigenvalue weighted by Crippen LogP contribution is -2.51. The number of carbonyl (C=O) groups excluding carboxylic acids is 1. The van der Waals surface area contributed by atoms with Crippen LogP contribution in [0.25, 0.3) is 0 Å². The van der Waals surface area contributed by atoms with Crippen LogP contribution < -0.4 is 5.32 Å². The number of aromatic nitrogens is 1. The highest BCUT2D eigenvalue weighted by Crippen LogP contribution is 2.42. The number of nitrogens with one attached hydrogen (secondary N) is 1. The third-order valence-corrected chi connectivity index (χ3v) is 9.05. The van der Waals surface area contributed by atoms with Crippen molar-refractivity contribution in [1.82, 2.24) is 20.3 Å². The number of carboxylic acids is 1. The van der Waals surface area contributed by atoms with Crippen LogP contribution in [0, 0.1) is 22.9 Å². The molecule has 2 saturated heterocycles. The minimum absolute atomic E-state index is 0.00728. The monoisotopic (exact) mass is 659 g/mol. The van der Waals surface area contributed by atoms with Gasteiger partial charge >= 0.3 is 11.9 Å². The van der Waals surface area contributed by atoms with E-state index >= 15 is 13.2 Å². The van der Waals surface area contributed by atoms with Gasteiger partial charge in [-0.05, 0) is 19.9 Å². The molecule has 0 unspecified atom stereocenters. The number of benzene rings is 1. The Morgan fingerprint density at radius 3 is 2.60 bits per heavy atom. The molecule has 1 aromatic heterocycles. The van der Waals surface area contributed by atoms with Crippen molar-refractivity contribution in [1.29, 1.82) is 0 Å². The number of amidine groups is 1. The highest BCUT2D eigenvalue weighted by molar-refractivity contribution is 7.11. The van der Waals surface area contributed by atoms with Gasteiger partial charge in [0.1, 0.15) is 12.1 Å². The average molecular weight is 660 g/mol. The van der Waals surface area contributed by atoms with E-state index in [-0.39, 0.29) is 36.8 Å². The topological polar surface area (TPSA) is 126 Å². The maximum absolute atomic E-state index is 15.7. The molecule has 11 nitrogen and oxygen atoms in total. The SMILES string of the molecule is COC(=O)C1=C(CN2CC(F)(F)[C@H]3[C@@H]2CON3C[C@@H](OC)C(C)(C)C(=O)O)NC(c2nccs2)=N[C@H]1c1ccc(F)c(F)c1F. The first kappa shape index (κ1) is 32.9. The first-order valence-electron chi connectivity index (χ1n) is 13.7. The Morgan fingerprint density at radius 1 is 1.24 bits per heavy atom. The number of fused-ring (bicyclic) bond motifs is 1. The minimum Gasteiger partial charge on any atom is -0.481 e. The lowest BCUT2D eigenvalue weighted by molar-refractivity contribution is -0.205. The number of esters is 1. The van der Waals surface area contributed by atoms with E-state index in [1.54, 1.807) is 5.38 Å². The van der Waals surface area contributed by atoms with Gasteiger partial charge in [0.15, 0.2) is 28.3 Å². The van der Waals surface area contributed by atoms with Gasteiger partial charge in [-0.3, -0.25) is 19.5 Å². The number of ether oxygens (including phenoxy) is 2. The third-order valence-electron chi connectivity index (χ3n) is 8.28. The molecule has 0 bridgehead atoms. The molecule has 17 heteroatoms. The number of thiazole rings is 1. The van der Waals surface area contributed by atoms with Crippen LogP contribution in [0.4, 0.5) is 22.0 Å². The van der Waals surface area contributed by atoms with E-state index in [2.05, 4.69) is 15.3 Å². The van der Waals surface area contributed by atoms with E-state index in [9.17, 15) is 23.5 Å². The second-order valence-electron chi connectivity index (χ2n) is 11.3. The summed E-state index contributed by atoms with van der Waals surface area (Å²) in [5.74, 6) is -10.3. The fraction of sp³-hybridized carbons (Fsp3) is 0.500. The summed E-state index contributed by atoms with van der Waals surface area (Å²) in [4.78, 5) is 40.5. The lowest BCUT2D eigenvalue weighted by Gasteiger charge is -2.34. The van der Waals surface area contributed by atoms with Gasteiger partial charge in [-0.15, -0.1) is 11.3 Å². The molecule has 45 heavy (non-hydrogen) atoms. The quantitative estimate of drug-likeness (QED) is 0.223. The van der Waals surface area contributed by atoms with E-state index in [1.165, 1.54) is 32.1 Å². The highest BCUT2D eigenvalue weighted by Gasteiger charge is 2.61. The number of hydrogen-bond donors (Lipinski definition) is 2. The molecule has 2 fully saturated rings. The summed E-state index contributed by atoms with van der Waals surface area (Å²) in [6, 6.07) is -2.34. The van der Waals surface area contributed by atoms with Gasteiger partial charge < -0.3 is 19.9 Å². The Balaban J connectivity index is 1.52. The number of hydroxylamine groups is 2. The molecule has 3 aliphatic heterocycles. The van der Waals surface area contributed by atoms with Crippen LogP contribution in [0.3, 0.4) is 0 Å². The molecule has 1 aromatic carbocycles. The second-order valence-corrected chi connectivity index (χ2v) is 12.2. The molecule has 5 rings (SSSR count). The number of aliphatic carboxylic acids is 1. The van der Waals surface area contributed by atoms with Crippen molar-refractivity contribution in [2.75, 3.05) is 40.5 Å². The Kier molecular flexibility index (Phi) is 9.02. The summed E-state index contributed by atoms with van der Waals surface area (Å²) in [6.07, 6.45) is 0.460. The molecule has 244 valence electrons. The maximum Gasteiger partial charge on any atom is 0.338 e. The van der Waals surface area contributed by atoms with E-state index in [0.717, 1.165) is 29.6 Å². The summed E-state index contributed by atoms with van der Waals surface area (Å²) in [6.45, 7) is 1.25. The number of nitrogens with zero attached hydrogens (tertiary/aromatic N) is 4. The van der Waals surface area contributed by atoms with Gasteiger partial charge in [0, 0.05) is 36.5 Å². The highest BCUT2D eigenvalue weighted by atomic mass is 32.1. The van der Waals surface area contributed by atoms with Crippen molar-refractivity contribution >= 4 is 29.1 Å². The number of likely N-dealkylation sites (tertiary alicyclic amines) is 1. The predicted octanol–water partition coefficient (Wildman–Crippen LogP) is 3.14. The molecular formula is C28H30F5N5O6S. The normalized spacial score (nSPS) is 24.3. The largest absolute Gasteiger partial charge is 0.481 e. The molecule has 3 aliphatic rings. The lowest BCUT2D eigenvalue weighted by atomic mass is 9.86. The molecule has 4 atom stereocenters. The first-order valence-corrected chi connectivity index (χ1v) is 14.6. The summed E-state index contributed by atoms with van der Waals surface area (Å²) in [7, 11) is 2.34. The summed E-state index contributed by atoms with van der Waals surface area (Å²) in [5, 5.41) is 15.5. The summed E-state index contributed by atoms with van der Waals surface area (Å²) < 4.78 is 84.9. The smallest absolute Gasteiger partial charge is 0.338 e.